The van der Waals surface area contributed by atoms with Gasteiger partial charge in [-0.05, 0) is 30.7 Å². The smallest absolute Gasteiger partial charge is 0.319 e. The van der Waals surface area contributed by atoms with Crippen molar-refractivity contribution < 1.29 is 28.6 Å². The van der Waals surface area contributed by atoms with Gasteiger partial charge in [0.2, 0.25) is 0 Å². The number of ether oxygens (including phenoxy) is 2. The number of Topliss-reactive ketones (excluding diaryl/α,β-unsaturated/α-hetero) is 1. The van der Waals surface area contributed by atoms with Crippen molar-refractivity contribution in [3.05, 3.63) is 53.8 Å². The van der Waals surface area contributed by atoms with E-state index < -0.39 is 12.1 Å². The summed E-state index contributed by atoms with van der Waals surface area (Å²) in [5, 5.41) is 15.1. The first-order valence-electron chi connectivity index (χ1n) is 10.4. The Morgan fingerprint density at radius 3 is 2.31 bits per heavy atom. The van der Waals surface area contributed by atoms with Crippen molar-refractivity contribution in [3.8, 4) is 11.5 Å². The SMILES string of the molecule is COc1cc(NC(=O)NC(CO)CCN2CC(C(=O)c3ccc(F)cc3)C2)cc(OC)c1. The molecule has 9 heteroatoms. The van der Waals surface area contributed by atoms with E-state index in [1.54, 1.807) is 18.2 Å². The highest BCUT2D eigenvalue weighted by Gasteiger charge is 2.33. The number of amides is 2. The summed E-state index contributed by atoms with van der Waals surface area (Å²) in [6, 6.07) is 9.71. The molecule has 0 aliphatic carbocycles. The Balaban J connectivity index is 1.43. The second kappa shape index (κ2) is 10.9. The predicted octanol–water partition coefficient (Wildman–Crippen LogP) is 2.53. The van der Waals surface area contributed by atoms with E-state index in [1.165, 1.54) is 38.5 Å². The number of anilines is 1. The monoisotopic (exact) mass is 445 g/mol. The van der Waals surface area contributed by atoms with E-state index in [0.717, 1.165) is 0 Å². The zero-order valence-electron chi connectivity index (χ0n) is 18.1. The number of benzene rings is 2. The molecule has 8 nitrogen and oxygen atoms in total. The van der Waals surface area contributed by atoms with Crippen LogP contribution >= 0.6 is 0 Å². The first-order valence-corrected chi connectivity index (χ1v) is 10.4. The summed E-state index contributed by atoms with van der Waals surface area (Å²) in [6.45, 7) is 1.63. The Bertz CT molecular complexity index is 909. The molecule has 1 heterocycles. The van der Waals surface area contributed by atoms with E-state index in [0.29, 0.717) is 48.8 Å². The number of ketones is 1. The van der Waals surface area contributed by atoms with Gasteiger partial charge in [0.15, 0.2) is 5.78 Å². The minimum atomic E-state index is -0.452. The molecule has 2 aromatic carbocycles. The van der Waals surface area contributed by atoms with Crippen molar-refractivity contribution >= 4 is 17.5 Å². The highest BCUT2D eigenvalue weighted by Crippen LogP contribution is 2.26. The maximum absolute atomic E-state index is 13.0. The molecule has 0 spiro atoms. The minimum absolute atomic E-state index is 0.00572. The number of carbonyl (C=O) groups is 2. The van der Waals surface area contributed by atoms with Gasteiger partial charge < -0.3 is 30.1 Å². The first kappa shape index (κ1) is 23.5. The van der Waals surface area contributed by atoms with Gasteiger partial charge in [-0.25, -0.2) is 9.18 Å². The molecular weight excluding hydrogens is 417 g/mol. The maximum Gasteiger partial charge on any atom is 0.319 e. The van der Waals surface area contributed by atoms with E-state index in [9.17, 15) is 19.1 Å². The fourth-order valence-corrected chi connectivity index (χ4v) is 3.55. The zero-order chi connectivity index (χ0) is 23.1. The predicted molar refractivity (Wildman–Crippen MR) is 118 cm³/mol. The van der Waals surface area contributed by atoms with Gasteiger partial charge in [0.1, 0.15) is 17.3 Å². The number of nitrogens with zero attached hydrogens (tertiary/aromatic N) is 1. The van der Waals surface area contributed by atoms with E-state index >= 15 is 0 Å². The standard InChI is InChI=1S/C23H28FN3O5/c1-31-20-9-19(10-21(11-20)32-2)26-23(30)25-18(14-28)7-8-27-12-16(13-27)22(29)15-3-5-17(24)6-4-15/h3-6,9-11,16,18,28H,7-8,12-14H2,1-2H3,(H2,25,26,30). The molecule has 32 heavy (non-hydrogen) atoms. The Morgan fingerprint density at radius 1 is 1.12 bits per heavy atom. The van der Waals surface area contributed by atoms with Crippen LogP contribution in [0.5, 0.6) is 11.5 Å². The molecule has 1 aliphatic rings. The van der Waals surface area contributed by atoms with Gasteiger partial charge in [-0.2, -0.15) is 0 Å². The highest BCUT2D eigenvalue weighted by molar-refractivity contribution is 5.98. The topological polar surface area (TPSA) is 100 Å². The molecule has 0 bridgehead atoms. The summed E-state index contributed by atoms with van der Waals surface area (Å²) in [7, 11) is 3.04. The average molecular weight is 445 g/mol. The molecule has 0 aromatic heterocycles. The lowest BCUT2D eigenvalue weighted by atomic mass is 9.90. The van der Waals surface area contributed by atoms with Crippen LogP contribution in [0.4, 0.5) is 14.9 Å². The molecule has 2 aromatic rings. The third kappa shape index (κ3) is 6.18. The maximum atomic E-state index is 13.0. The lowest BCUT2D eigenvalue weighted by Crippen LogP contribution is -2.52. The van der Waals surface area contributed by atoms with Gasteiger partial charge in [-0.1, -0.05) is 0 Å². The summed E-state index contributed by atoms with van der Waals surface area (Å²) in [5.41, 5.74) is 1.01. The quantitative estimate of drug-likeness (QED) is 0.486. The average Bonchev–Trinajstić information content (AvgIpc) is 2.77. The molecule has 1 aliphatic heterocycles. The number of methoxy groups -OCH3 is 2. The van der Waals surface area contributed by atoms with Gasteiger partial charge in [0, 0.05) is 55.0 Å². The van der Waals surface area contributed by atoms with Gasteiger partial charge in [0.25, 0.3) is 0 Å². The number of aliphatic hydroxyl groups excluding tert-OH is 1. The van der Waals surface area contributed by atoms with Crippen molar-refractivity contribution in [3.63, 3.8) is 0 Å². The molecule has 1 fully saturated rings. The van der Waals surface area contributed by atoms with E-state index in [1.807, 2.05) is 0 Å². The van der Waals surface area contributed by atoms with Crippen LogP contribution in [-0.4, -0.2) is 68.3 Å². The Kier molecular flexibility index (Phi) is 8.02. The third-order valence-corrected chi connectivity index (χ3v) is 5.42. The number of likely N-dealkylation sites (tertiary alicyclic amines) is 1. The number of carbonyl (C=O) groups excluding carboxylic acids is 2. The van der Waals surface area contributed by atoms with E-state index in [2.05, 4.69) is 15.5 Å². The first-order chi connectivity index (χ1) is 15.4. The molecule has 2 amide bonds. The van der Waals surface area contributed by atoms with Gasteiger partial charge in [-0.15, -0.1) is 0 Å². The van der Waals surface area contributed by atoms with Crippen LogP contribution in [0.1, 0.15) is 16.8 Å². The molecule has 1 saturated heterocycles. The number of hydrogen-bond acceptors (Lipinski definition) is 6. The molecule has 3 rings (SSSR count). The van der Waals surface area contributed by atoms with Crippen LogP contribution in [-0.2, 0) is 0 Å². The molecular formula is C23H28FN3O5. The number of nitrogens with one attached hydrogen (secondary N) is 2. The van der Waals surface area contributed by atoms with Crippen LogP contribution in [0.25, 0.3) is 0 Å². The summed E-state index contributed by atoms with van der Waals surface area (Å²) in [6.07, 6.45) is 0.531. The van der Waals surface area contributed by atoms with E-state index in [-0.39, 0.29) is 24.1 Å². The van der Waals surface area contributed by atoms with Crippen LogP contribution in [0.2, 0.25) is 0 Å². The van der Waals surface area contributed by atoms with Gasteiger partial charge in [-0.3, -0.25) is 4.79 Å². The van der Waals surface area contributed by atoms with Crippen LogP contribution in [0.3, 0.4) is 0 Å². The number of halogens is 1. The number of aliphatic hydroxyl groups is 1. The number of urea groups is 1. The van der Waals surface area contributed by atoms with Crippen LogP contribution in [0, 0.1) is 11.7 Å². The summed E-state index contributed by atoms with van der Waals surface area (Å²) >= 11 is 0. The minimum Gasteiger partial charge on any atom is -0.497 e. The molecule has 172 valence electrons. The summed E-state index contributed by atoms with van der Waals surface area (Å²) < 4.78 is 23.4. The van der Waals surface area contributed by atoms with Crippen molar-refractivity contribution in [2.24, 2.45) is 5.92 Å². The second-order valence-corrected chi connectivity index (χ2v) is 7.70. The number of rotatable bonds is 10. The molecule has 0 radical (unpaired) electrons. The lowest BCUT2D eigenvalue weighted by molar-refractivity contribution is 0.0601. The molecule has 1 atom stereocenters. The fraction of sp³-hybridized carbons (Fsp3) is 0.391. The number of hydrogen-bond donors (Lipinski definition) is 3. The third-order valence-electron chi connectivity index (χ3n) is 5.42. The van der Waals surface area contributed by atoms with Crippen molar-refractivity contribution in [2.75, 3.05) is 45.8 Å². The van der Waals surface area contributed by atoms with Crippen molar-refractivity contribution in [1.29, 1.82) is 0 Å². The summed E-state index contributed by atoms with van der Waals surface area (Å²) in [4.78, 5) is 26.8. The molecule has 1 unspecified atom stereocenters. The largest absolute Gasteiger partial charge is 0.497 e. The van der Waals surface area contributed by atoms with Crippen LogP contribution in [0.15, 0.2) is 42.5 Å². The van der Waals surface area contributed by atoms with Crippen molar-refractivity contribution in [1.82, 2.24) is 10.2 Å². The lowest BCUT2D eigenvalue weighted by Gasteiger charge is -2.39. The highest BCUT2D eigenvalue weighted by atomic mass is 19.1. The molecule has 3 N–H and O–H groups in total. The Morgan fingerprint density at radius 2 is 1.75 bits per heavy atom. The van der Waals surface area contributed by atoms with Crippen LogP contribution < -0.4 is 20.1 Å². The zero-order valence-corrected chi connectivity index (χ0v) is 18.1. The normalized spacial score (nSPS) is 14.9. The molecule has 0 saturated carbocycles. The second-order valence-electron chi connectivity index (χ2n) is 7.70. The van der Waals surface area contributed by atoms with Crippen molar-refractivity contribution in [2.45, 2.75) is 12.5 Å². The fourth-order valence-electron chi connectivity index (χ4n) is 3.55. The summed E-state index contributed by atoms with van der Waals surface area (Å²) in [5.74, 6) is 0.606. The van der Waals surface area contributed by atoms with Gasteiger partial charge in [0.05, 0.1) is 26.9 Å². The Hall–Kier alpha value is -3.17. The Labute approximate surface area is 186 Å². The van der Waals surface area contributed by atoms with Gasteiger partial charge >= 0.3 is 6.03 Å². The van der Waals surface area contributed by atoms with E-state index in [4.69, 9.17) is 9.47 Å².